The molecule has 2 aliphatic rings. The number of aromatic nitrogens is 1. The van der Waals surface area contributed by atoms with Gasteiger partial charge in [-0.1, -0.05) is 5.92 Å². The number of aliphatic hydroxyl groups is 1. The van der Waals surface area contributed by atoms with E-state index in [4.69, 9.17) is 12.2 Å². The smallest absolute Gasteiger partial charge is 0.325 e. The molecule has 1 amide bonds. The summed E-state index contributed by atoms with van der Waals surface area (Å²) in [5, 5.41) is 23.7. The Morgan fingerprint density at radius 2 is 2.00 bits per heavy atom. The maximum Gasteiger partial charge on any atom is 0.325 e. The van der Waals surface area contributed by atoms with E-state index in [2.05, 4.69) is 16.2 Å². The summed E-state index contributed by atoms with van der Waals surface area (Å²) in [7, 11) is 3.74. The maximum absolute atomic E-state index is 13.1. The minimum atomic E-state index is -1.03. The second kappa shape index (κ2) is 9.35. The van der Waals surface area contributed by atoms with Crippen LogP contribution in [0.2, 0.25) is 0 Å². The number of amides is 1. The molecule has 0 bridgehead atoms. The van der Waals surface area contributed by atoms with Crippen LogP contribution in [-0.2, 0) is 0 Å². The predicted molar refractivity (Wildman–Crippen MR) is 133 cm³/mol. The number of nitrogens with one attached hydrogen (secondary N) is 1. The zero-order valence-corrected chi connectivity index (χ0v) is 19.7. The van der Waals surface area contributed by atoms with E-state index in [0.717, 1.165) is 29.0 Å². The standard InChI is InChI=1S/C26H31N5O3/c1-4-26(33)12-10-19(11-13-26)28-16-18-14-21(24(30(2)3)15-20(18)27)29-25(32)23-7-5-6-22(31(23)34)17-8-9-17/h1,5-7,14-17,19,27,32-34H,8-13H2,2-3H3/p+1. The van der Waals surface area contributed by atoms with Gasteiger partial charge in [0.2, 0.25) is 5.69 Å². The molecule has 1 heterocycles. The van der Waals surface area contributed by atoms with Crippen molar-refractivity contribution in [2.75, 3.05) is 30.0 Å². The number of carbonyl (C=O) groups is 1. The molecule has 8 nitrogen and oxygen atoms in total. The maximum atomic E-state index is 13.1. The Kier molecular flexibility index (Phi) is 6.49. The molecule has 2 saturated carbocycles. The van der Waals surface area contributed by atoms with E-state index >= 15 is 0 Å². The number of terminal acetylenes is 1. The Bertz CT molecular complexity index is 1160. The third-order valence-electron chi connectivity index (χ3n) is 6.63. The molecule has 2 fully saturated rings. The summed E-state index contributed by atoms with van der Waals surface area (Å²) in [6.07, 6.45) is 11.6. The van der Waals surface area contributed by atoms with Crippen LogP contribution in [-0.4, -0.2) is 48.2 Å². The first-order valence-electron chi connectivity index (χ1n) is 11.6. The summed E-state index contributed by atoms with van der Waals surface area (Å²) in [4.78, 5) is 19.6. The minimum Gasteiger partial charge on any atom is -0.398 e. The Morgan fingerprint density at radius 1 is 1.29 bits per heavy atom. The van der Waals surface area contributed by atoms with Gasteiger partial charge in [-0.05, 0) is 56.7 Å². The highest BCUT2D eigenvalue weighted by atomic mass is 16.5. The monoisotopic (exact) mass is 462 g/mol. The number of carbonyl (C=O) groups excluding carboxylic acids is 1. The van der Waals surface area contributed by atoms with Gasteiger partial charge in [-0.3, -0.25) is 15.0 Å². The number of hydrogen-bond acceptors (Lipinski definition) is 6. The van der Waals surface area contributed by atoms with Gasteiger partial charge in [0.15, 0.2) is 0 Å². The molecule has 0 saturated heterocycles. The molecule has 0 aliphatic heterocycles. The van der Waals surface area contributed by atoms with Crippen molar-refractivity contribution >= 4 is 29.2 Å². The fraction of sp³-hybridized carbons (Fsp3) is 0.423. The largest absolute Gasteiger partial charge is 0.398 e. The van der Waals surface area contributed by atoms with Gasteiger partial charge in [-0.2, -0.15) is 0 Å². The average Bonchev–Trinajstić information content (AvgIpc) is 3.65. The second-order valence-corrected chi connectivity index (χ2v) is 9.45. The quantitative estimate of drug-likeness (QED) is 0.173. The van der Waals surface area contributed by atoms with E-state index in [1.807, 2.05) is 25.1 Å². The van der Waals surface area contributed by atoms with Gasteiger partial charge < -0.3 is 21.1 Å². The molecule has 4 rings (SSSR count). The molecular formula is C26H32N5O3+. The van der Waals surface area contributed by atoms with Crippen LogP contribution < -0.4 is 20.7 Å². The van der Waals surface area contributed by atoms with Crippen LogP contribution in [0.3, 0.4) is 0 Å². The predicted octanol–water partition coefficient (Wildman–Crippen LogP) is 2.72. The van der Waals surface area contributed by atoms with Crippen LogP contribution in [0, 0.1) is 12.3 Å². The number of pyridine rings is 1. The molecule has 1 aromatic heterocycles. The van der Waals surface area contributed by atoms with Crippen molar-refractivity contribution in [3.05, 3.63) is 47.3 Å². The zero-order chi connectivity index (χ0) is 24.5. The van der Waals surface area contributed by atoms with Gasteiger partial charge >= 0.3 is 11.6 Å². The fourth-order valence-corrected chi connectivity index (χ4v) is 4.33. The van der Waals surface area contributed by atoms with E-state index in [0.29, 0.717) is 48.5 Å². The molecular weight excluding hydrogens is 430 g/mol. The zero-order valence-electron chi connectivity index (χ0n) is 19.7. The van der Waals surface area contributed by atoms with Crippen molar-refractivity contribution in [1.82, 2.24) is 0 Å². The third kappa shape index (κ3) is 5.00. The molecule has 34 heavy (non-hydrogen) atoms. The van der Waals surface area contributed by atoms with Crippen molar-refractivity contribution in [1.29, 1.82) is 0 Å². The van der Waals surface area contributed by atoms with Gasteiger partial charge in [0, 0.05) is 54.3 Å². The van der Waals surface area contributed by atoms with Gasteiger partial charge in [-0.15, -0.1) is 6.42 Å². The lowest BCUT2D eigenvalue weighted by Crippen LogP contribution is -2.43. The Hall–Kier alpha value is -3.57. The molecule has 5 N–H and O–H groups in total. The van der Waals surface area contributed by atoms with E-state index < -0.39 is 11.5 Å². The summed E-state index contributed by atoms with van der Waals surface area (Å²) < 4.78 is 0.989. The van der Waals surface area contributed by atoms with E-state index in [-0.39, 0.29) is 11.7 Å². The first kappa shape index (κ1) is 23.6. The summed E-state index contributed by atoms with van der Waals surface area (Å²) in [6, 6.07) is 8.86. The average molecular weight is 463 g/mol. The number of hydrogen-bond donors (Lipinski definition) is 4. The molecule has 0 unspecified atom stereocenters. The van der Waals surface area contributed by atoms with Crippen molar-refractivity contribution in [2.45, 2.75) is 56.1 Å². The molecule has 2 aromatic rings. The van der Waals surface area contributed by atoms with Crippen molar-refractivity contribution < 1.29 is 19.8 Å². The van der Waals surface area contributed by atoms with Gasteiger partial charge in [-0.25, -0.2) is 0 Å². The van der Waals surface area contributed by atoms with Crippen LogP contribution in [0.5, 0.6) is 0 Å². The molecule has 0 atom stereocenters. The lowest BCUT2D eigenvalue weighted by atomic mass is 9.83. The van der Waals surface area contributed by atoms with Crippen LogP contribution in [0.25, 0.3) is 0 Å². The van der Waals surface area contributed by atoms with Crippen LogP contribution in [0.15, 0.2) is 35.3 Å². The highest BCUT2D eigenvalue weighted by Crippen LogP contribution is 2.38. The number of rotatable bonds is 6. The second-order valence-electron chi connectivity index (χ2n) is 9.45. The molecule has 2 aliphatic carbocycles. The SMILES string of the molecule is C#CC1(O)CCC(N=Cc2cc(NC(=O)c3cccc(C4CC4)[n+]3O)c(N(C)C)cc2N)CC1. The number of aliphatic imine (C=N–C) groups is 1. The van der Waals surface area contributed by atoms with Crippen LogP contribution >= 0.6 is 0 Å². The number of benzene rings is 1. The summed E-state index contributed by atoms with van der Waals surface area (Å²) in [5.74, 6) is 2.36. The lowest BCUT2D eigenvalue weighted by molar-refractivity contribution is -0.910. The normalized spacial score (nSPS) is 22.4. The summed E-state index contributed by atoms with van der Waals surface area (Å²) >= 11 is 0. The molecule has 8 heteroatoms. The van der Waals surface area contributed by atoms with E-state index in [9.17, 15) is 15.1 Å². The van der Waals surface area contributed by atoms with Crippen molar-refractivity contribution in [3.63, 3.8) is 0 Å². The minimum absolute atomic E-state index is 0.0538. The van der Waals surface area contributed by atoms with Crippen molar-refractivity contribution in [3.8, 4) is 12.3 Å². The highest BCUT2D eigenvalue weighted by molar-refractivity contribution is 6.05. The topological polar surface area (TPSA) is 115 Å². The van der Waals surface area contributed by atoms with E-state index in [1.54, 1.807) is 30.5 Å². The fourth-order valence-electron chi connectivity index (χ4n) is 4.33. The number of nitrogens with zero attached hydrogens (tertiary/aromatic N) is 3. The first-order valence-corrected chi connectivity index (χ1v) is 11.6. The first-order chi connectivity index (χ1) is 16.2. The van der Waals surface area contributed by atoms with Gasteiger partial charge in [0.1, 0.15) is 5.60 Å². The third-order valence-corrected chi connectivity index (χ3v) is 6.63. The molecule has 178 valence electrons. The van der Waals surface area contributed by atoms with Gasteiger partial charge in [0.25, 0.3) is 0 Å². The number of anilines is 3. The Balaban J connectivity index is 1.56. The highest BCUT2D eigenvalue weighted by Gasteiger charge is 2.36. The molecule has 0 radical (unpaired) electrons. The number of nitrogen functional groups attached to an aromatic ring is 1. The lowest BCUT2D eigenvalue weighted by Gasteiger charge is -2.30. The summed E-state index contributed by atoms with van der Waals surface area (Å²) in [6.45, 7) is 0. The molecule has 0 spiro atoms. The van der Waals surface area contributed by atoms with Crippen LogP contribution in [0.1, 0.15) is 66.2 Å². The molecule has 1 aromatic carbocycles. The Labute approximate surface area is 200 Å². The van der Waals surface area contributed by atoms with E-state index in [1.165, 1.54) is 0 Å². The Morgan fingerprint density at radius 3 is 2.62 bits per heavy atom. The van der Waals surface area contributed by atoms with Crippen molar-refractivity contribution in [2.24, 2.45) is 4.99 Å². The van der Waals surface area contributed by atoms with Crippen LogP contribution in [0.4, 0.5) is 17.1 Å². The van der Waals surface area contributed by atoms with Gasteiger partial charge in [0.05, 0.1) is 17.4 Å². The number of nitrogens with two attached hydrogens (primary N) is 1. The summed E-state index contributed by atoms with van der Waals surface area (Å²) in [5.41, 5.74) is 8.70.